The molecule has 2 N–H and O–H groups in total. The Bertz CT molecular complexity index is 710. The Kier molecular flexibility index (Phi) is 4.80. The van der Waals surface area contributed by atoms with Gasteiger partial charge in [0.2, 0.25) is 0 Å². The van der Waals surface area contributed by atoms with Gasteiger partial charge >= 0.3 is 5.97 Å². The first-order valence-corrected chi connectivity index (χ1v) is 6.95. The summed E-state index contributed by atoms with van der Waals surface area (Å²) in [5.41, 5.74) is 0.128. The maximum atomic E-state index is 13.6. The predicted molar refractivity (Wildman–Crippen MR) is 79.8 cm³/mol. The van der Waals surface area contributed by atoms with Gasteiger partial charge in [0.05, 0.1) is 16.3 Å². The SMILES string of the molecule is O=C(O)c1cc(NCc2ccc(Cl)c(Br)c2)c(F)cc1F. The van der Waals surface area contributed by atoms with Crippen molar-refractivity contribution in [1.29, 1.82) is 0 Å². The number of carboxylic acids is 1. The summed E-state index contributed by atoms with van der Waals surface area (Å²) in [5.74, 6) is -3.42. The van der Waals surface area contributed by atoms with Crippen LogP contribution >= 0.6 is 27.5 Å². The van der Waals surface area contributed by atoms with Gasteiger partial charge in [-0.2, -0.15) is 0 Å². The number of halogens is 4. The molecule has 110 valence electrons. The summed E-state index contributed by atoms with van der Waals surface area (Å²) < 4.78 is 27.6. The molecule has 0 spiro atoms. The Morgan fingerprint density at radius 1 is 1.24 bits per heavy atom. The standard InChI is InChI=1S/C14H9BrClF2NO2/c15-9-3-7(1-2-10(9)16)6-19-13-4-8(14(20)21)11(17)5-12(13)18/h1-5,19H,6H2,(H,20,21). The highest BCUT2D eigenvalue weighted by Gasteiger charge is 2.15. The van der Waals surface area contributed by atoms with Crippen LogP contribution in [0.25, 0.3) is 0 Å². The molecule has 21 heavy (non-hydrogen) atoms. The lowest BCUT2D eigenvalue weighted by Crippen LogP contribution is -2.06. The lowest BCUT2D eigenvalue weighted by molar-refractivity contribution is 0.0692. The molecule has 0 atom stereocenters. The first kappa shape index (κ1) is 15.7. The molecule has 0 aliphatic rings. The van der Waals surface area contributed by atoms with Crippen molar-refractivity contribution in [2.24, 2.45) is 0 Å². The highest BCUT2D eigenvalue weighted by Crippen LogP contribution is 2.24. The van der Waals surface area contributed by atoms with E-state index < -0.39 is 23.2 Å². The van der Waals surface area contributed by atoms with Gasteiger partial charge in [0.1, 0.15) is 11.6 Å². The molecule has 0 unspecified atom stereocenters. The van der Waals surface area contributed by atoms with E-state index in [1.165, 1.54) is 0 Å². The largest absolute Gasteiger partial charge is 0.478 e. The molecule has 0 aliphatic carbocycles. The highest BCUT2D eigenvalue weighted by atomic mass is 79.9. The number of hydrogen-bond donors (Lipinski definition) is 2. The van der Waals surface area contributed by atoms with E-state index in [0.717, 1.165) is 11.6 Å². The van der Waals surface area contributed by atoms with Crippen LogP contribution in [-0.4, -0.2) is 11.1 Å². The van der Waals surface area contributed by atoms with Crippen molar-refractivity contribution in [3.8, 4) is 0 Å². The topological polar surface area (TPSA) is 49.3 Å². The number of rotatable bonds is 4. The third kappa shape index (κ3) is 3.71. The molecule has 0 amide bonds. The minimum atomic E-state index is -1.45. The summed E-state index contributed by atoms with van der Waals surface area (Å²) in [6, 6.07) is 6.63. The Hall–Kier alpha value is -1.66. The fourth-order valence-corrected chi connectivity index (χ4v) is 2.24. The Balaban J connectivity index is 2.21. The van der Waals surface area contributed by atoms with Gasteiger partial charge < -0.3 is 10.4 Å². The Morgan fingerprint density at radius 2 is 1.95 bits per heavy atom. The normalized spacial score (nSPS) is 10.5. The molecule has 0 saturated heterocycles. The minimum Gasteiger partial charge on any atom is -0.478 e. The second-order valence-electron chi connectivity index (χ2n) is 4.22. The summed E-state index contributed by atoms with van der Waals surface area (Å²) in [6.45, 7) is 0.234. The van der Waals surface area contributed by atoms with Crippen LogP contribution in [0.5, 0.6) is 0 Å². The van der Waals surface area contributed by atoms with Gasteiger partial charge in [-0.15, -0.1) is 0 Å². The molecule has 7 heteroatoms. The van der Waals surface area contributed by atoms with E-state index in [4.69, 9.17) is 16.7 Å². The van der Waals surface area contributed by atoms with Crippen molar-refractivity contribution >= 4 is 39.2 Å². The zero-order chi connectivity index (χ0) is 15.6. The zero-order valence-corrected chi connectivity index (χ0v) is 12.8. The van der Waals surface area contributed by atoms with Gasteiger partial charge in [-0.25, -0.2) is 13.6 Å². The third-order valence-electron chi connectivity index (χ3n) is 2.75. The van der Waals surface area contributed by atoms with Crippen LogP contribution in [0, 0.1) is 11.6 Å². The first-order chi connectivity index (χ1) is 9.88. The summed E-state index contributed by atoms with van der Waals surface area (Å²) in [4.78, 5) is 10.8. The zero-order valence-electron chi connectivity index (χ0n) is 10.5. The van der Waals surface area contributed by atoms with E-state index in [1.54, 1.807) is 18.2 Å². The van der Waals surface area contributed by atoms with Crippen LogP contribution in [0.4, 0.5) is 14.5 Å². The van der Waals surface area contributed by atoms with Gasteiger partial charge in [0.25, 0.3) is 0 Å². The number of hydrogen-bond acceptors (Lipinski definition) is 2. The summed E-state index contributed by atoms with van der Waals surface area (Å²) >= 11 is 9.13. The second-order valence-corrected chi connectivity index (χ2v) is 5.48. The van der Waals surface area contributed by atoms with E-state index >= 15 is 0 Å². The van der Waals surface area contributed by atoms with Crippen LogP contribution in [0.15, 0.2) is 34.8 Å². The summed E-state index contributed by atoms with van der Waals surface area (Å²) in [7, 11) is 0. The lowest BCUT2D eigenvalue weighted by Gasteiger charge is -2.10. The molecule has 2 aromatic carbocycles. The van der Waals surface area contributed by atoms with E-state index in [9.17, 15) is 13.6 Å². The molecular formula is C14H9BrClF2NO2. The average Bonchev–Trinajstić information content (AvgIpc) is 2.41. The first-order valence-electron chi connectivity index (χ1n) is 5.78. The van der Waals surface area contributed by atoms with E-state index in [0.29, 0.717) is 15.6 Å². The van der Waals surface area contributed by atoms with E-state index in [2.05, 4.69) is 21.2 Å². The molecule has 2 aromatic rings. The average molecular weight is 377 g/mol. The van der Waals surface area contributed by atoms with Crippen molar-refractivity contribution in [3.63, 3.8) is 0 Å². The highest BCUT2D eigenvalue weighted by molar-refractivity contribution is 9.10. The molecule has 0 aromatic heterocycles. The van der Waals surface area contributed by atoms with Crippen molar-refractivity contribution in [1.82, 2.24) is 0 Å². The van der Waals surface area contributed by atoms with E-state index in [-0.39, 0.29) is 12.2 Å². The fraction of sp³-hybridized carbons (Fsp3) is 0.0714. The quantitative estimate of drug-likeness (QED) is 0.814. The van der Waals surface area contributed by atoms with Gasteiger partial charge in [0, 0.05) is 17.1 Å². The third-order valence-corrected chi connectivity index (χ3v) is 3.97. The van der Waals surface area contributed by atoms with Gasteiger partial charge in [-0.3, -0.25) is 0 Å². The molecule has 0 saturated carbocycles. The Morgan fingerprint density at radius 3 is 2.57 bits per heavy atom. The molecule has 0 bridgehead atoms. The van der Waals surface area contributed by atoms with Crippen LogP contribution in [0.3, 0.4) is 0 Å². The fourth-order valence-electron chi connectivity index (χ4n) is 1.70. The lowest BCUT2D eigenvalue weighted by atomic mass is 10.1. The van der Waals surface area contributed by atoms with E-state index in [1.807, 2.05) is 0 Å². The molecular weight excluding hydrogens is 368 g/mol. The van der Waals surface area contributed by atoms with Crippen LogP contribution in [0.2, 0.25) is 5.02 Å². The molecule has 2 rings (SSSR count). The number of carbonyl (C=O) groups is 1. The number of anilines is 1. The van der Waals surface area contributed by atoms with Crippen molar-refractivity contribution < 1.29 is 18.7 Å². The van der Waals surface area contributed by atoms with Crippen molar-refractivity contribution in [2.45, 2.75) is 6.54 Å². The monoisotopic (exact) mass is 375 g/mol. The maximum absolute atomic E-state index is 13.6. The van der Waals surface area contributed by atoms with Gasteiger partial charge in [0.15, 0.2) is 0 Å². The molecule has 0 radical (unpaired) electrons. The Labute approximate surface area is 132 Å². The summed E-state index contributed by atoms with van der Waals surface area (Å²) in [6.07, 6.45) is 0. The molecule has 0 heterocycles. The molecule has 0 aliphatic heterocycles. The molecule has 0 fully saturated rings. The van der Waals surface area contributed by atoms with Gasteiger partial charge in [-0.1, -0.05) is 17.7 Å². The smallest absolute Gasteiger partial charge is 0.338 e. The van der Waals surface area contributed by atoms with Crippen molar-refractivity contribution in [2.75, 3.05) is 5.32 Å². The number of nitrogens with one attached hydrogen (secondary N) is 1. The van der Waals surface area contributed by atoms with Gasteiger partial charge in [-0.05, 0) is 39.7 Å². The van der Waals surface area contributed by atoms with Crippen molar-refractivity contribution in [3.05, 3.63) is 62.6 Å². The number of aromatic carboxylic acids is 1. The maximum Gasteiger partial charge on any atom is 0.338 e. The number of benzene rings is 2. The number of carboxylic acid groups (broad SMARTS) is 1. The van der Waals surface area contributed by atoms with Crippen LogP contribution < -0.4 is 5.32 Å². The second kappa shape index (κ2) is 6.41. The summed E-state index contributed by atoms with van der Waals surface area (Å²) in [5, 5.41) is 12.1. The molecule has 3 nitrogen and oxygen atoms in total. The van der Waals surface area contributed by atoms with Crippen LogP contribution in [0.1, 0.15) is 15.9 Å². The minimum absolute atomic E-state index is 0.0835. The predicted octanol–water partition coefficient (Wildman–Crippen LogP) is 4.69. The van der Waals surface area contributed by atoms with Crippen LogP contribution in [-0.2, 0) is 6.54 Å².